The number of carbonyl (C=O) groups excluding carboxylic acids is 1. The van der Waals surface area contributed by atoms with Crippen LogP contribution in [-0.4, -0.2) is 37.2 Å². The number of rotatable bonds is 3. The van der Waals surface area contributed by atoms with Crippen LogP contribution >= 0.6 is 0 Å². The van der Waals surface area contributed by atoms with Crippen molar-refractivity contribution in [3.05, 3.63) is 24.0 Å². The number of hydrogen-bond donors (Lipinski definition) is 0. The Bertz CT molecular complexity index is 567. The molecule has 3 aliphatic rings. The van der Waals surface area contributed by atoms with Crippen LogP contribution < -0.4 is 9.80 Å². The molecular weight excluding hydrogens is 269 g/mol. The van der Waals surface area contributed by atoms with Crippen molar-refractivity contribution in [2.24, 2.45) is 5.92 Å². The monoisotopic (exact) mass is 289 g/mol. The average molecular weight is 289 g/mol. The maximum atomic E-state index is 13.6. The van der Waals surface area contributed by atoms with Gasteiger partial charge in [0.15, 0.2) is 0 Å². The van der Waals surface area contributed by atoms with E-state index >= 15 is 0 Å². The first-order valence-electron chi connectivity index (χ1n) is 7.80. The van der Waals surface area contributed by atoms with Gasteiger partial charge in [-0.2, -0.15) is 0 Å². The highest BCUT2D eigenvalue weighted by Crippen LogP contribution is 2.40. The largest absolute Gasteiger partial charge is 0.339 e. The summed E-state index contributed by atoms with van der Waals surface area (Å²) in [5.41, 5.74) is 1.73. The van der Waals surface area contributed by atoms with Gasteiger partial charge in [-0.25, -0.2) is 4.39 Å². The van der Waals surface area contributed by atoms with E-state index in [2.05, 4.69) is 9.80 Å². The molecule has 0 N–H and O–H groups in total. The lowest BCUT2D eigenvalue weighted by molar-refractivity contribution is -0.119. The first-order chi connectivity index (χ1) is 10.2. The van der Waals surface area contributed by atoms with Crippen molar-refractivity contribution in [1.29, 1.82) is 0 Å². The van der Waals surface area contributed by atoms with Gasteiger partial charge in [0.05, 0.1) is 24.7 Å². The Balaban J connectivity index is 1.60. The fourth-order valence-corrected chi connectivity index (χ4v) is 3.33. The Hall–Kier alpha value is -1.62. The predicted octanol–water partition coefficient (Wildman–Crippen LogP) is 2.40. The fraction of sp³-hybridized carbons (Fsp3) is 0.562. The Kier molecular flexibility index (Phi) is 3.10. The summed E-state index contributed by atoms with van der Waals surface area (Å²) in [4.78, 5) is 18.8. The van der Waals surface area contributed by atoms with E-state index in [4.69, 9.17) is 0 Å². The SMILES string of the molecule is O=C(C1CC1)N1CN(CN2CCCC2)c2ccc(F)cc21. The first-order valence-corrected chi connectivity index (χ1v) is 7.80. The summed E-state index contributed by atoms with van der Waals surface area (Å²) in [5.74, 6) is 0.0454. The van der Waals surface area contributed by atoms with Crippen molar-refractivity contribution >= 4 is 17.3 Å². The van der Waals surface area contributed by atoms with Crippen LogP contribution in [0, 0.1) is 11.7 Å². The van der Waals surface area contributed by atoms with E-state index in [9.17, 15) is 9.18 Å². The molecule has 0 atom stereocenters. The normalized spacial score (nSPS) is 22.0. The van der Waals surface area contributed by atoms with E-state index in [-0.39, 0.29) is 17.6 Å². The van der Waals surface area contributed by atoms with Gasteiger partial charge in [0.1, 0.15) is 5.82 Å². The molecule has 1 saturated heterocycles. The summed E-state index contributed by atoms with van der Waals surface area (Å²) >= 11 is 0. The second kappa shape index (κ2) is 4.98. The molecule has 0 bridgehead atoms. The number of fused-ring (bicyclic) bond motifs is 1. The van der Waals surface area contributed by atoms with Gasteiger partial charge in [0.2, 0.25) is 5.91 Å². The third kappa shape index (κ3) is 2.39. The molecule has 0 radical (unpaired) electrons. The molecule has 5 heteroatoms. The van der Waals surface area contributed by atoms with Gasteiger partial charge in [-0.1, -0.05) is 0 Å². The second-order valence-corrected chi connectivity index (χ2v) is 6.32. The minimum atomic E-state index is -0.273. The Morgan fingerprint density at radius 1 is 1.19 bits per heavy atom. The lowest BCUT2D eigenvalue weighted by atomic mass is 10.2. The lowest BCUT2D eigenvalue weighted by Crippen LogP contribution is -2.41. The quantitative estimate of drug-likeness (QED) is 0.855. The topological polar surface area (TPSA) is 26.8 Å². The summed E-state index contributed by atoms with van der Waals surface area (Å²) in [6.07, 6.45) is 4.45. The number of amides is 1. The number of benzene rings is 1. The minimum Gasteiger partial charge on any atom is -0.339 e. The molecule has 1 aromatic carbocycles. The Morgan fingerprint density at radius 3 is 2.67 bits per heavy atom. The highest BCUT2D eigenvalue weighted by atomic mass is 19.1. The maximum absolute atomic E-state index is 13.6. The third-order valence-electron chi connectivity index (χ3n) is 4.64. The van der Waals surface area contributed by atoms with Crippen LogP contribution in [0.15, 0.2) is 18.2 Å². The van der Waals surface area contributed by atoms with Gasteiger partial charge in [0.25, 0.3) is 0 Å². The van der Waals surface area contributed by atoms with Crippen LogP contribution in [0.25, 0.3) is 0 Å². The number of halogens is 1. The number of anilines is 2. The number of carbonyl (C=O) groups is 1. The molecule has 1 aliphatic carbocycles. The summed E-state index contributed by atoms with van der Waals surface area (Å²) < 4.78 is 13.6. The molecule has 2 aliphatic heterocycles. The van der Waals surface area contributed by atoms with E-state index in [0.717, 1.165) is 44.0 Å². The zero-order valence-electron chi connectivity index (χ0n) is 12.1. The van der Waals surface area contributed by atoms with Crippen LogP contribution in [0.1, 0.15) is 25.7 Å². The lowest BCUT2D eigenvalue weighted by Gasteiger charge is -2.26. The molecular formula is C16H20FN3O. The van der Waals surface area contributed by atoms with Gasteiger partial charge < -0.3 is 4.90 Å². The second-order valence-electron chi connectivity index (χ2n) is 6.32. The molecule has 4 nitrogen and oxygen atoms in total. The molecule has 112 valence electrons. The molecule has 0 aromatic heterocycles. The summed E-state index contributed by atoms with van der Waals surface area (Å²) in [7, 11) is 0. The van der Waals surface area contributed by atoms with Crippen molar-refractivity contribution < 1.29 is 9.18 Å². The van der Waals surface area contributed by atoms with Crippen molar-refractivity contribution in [2.75, 3.05) is 36.2 Å². The van der Waals surface area contributed by atoms with Crippen molar-refractivity contribution in [3.8, 4) is 0 Å². The Labute approximate surface area is 124 Å². The number of nitrogens with zero attached hydrogens (tertiary/aromatic N) is 3. The molecule has 0 unspecified atom stereocenters. The summed E-state index contributed by atoms with van der Waals surface area (Å²) in [6.45, 7) is 3.62. The average Bonchev–Trinajstić information content (AvgIpc) is 3.10. The van der Waals surface area contributed by atoms with Crippen molar-refractivity contribution in [3.63, 3.8) is 0 Å². The highest BCUT2D eigenvalue weighted by Gasteiger charge is 2.39. The number of hydrogen-bond acceptors (Lipinski definition) is 3. The van der Waals surface area contributed by atoms with Crippen molar-refractivity contribution in [1.82, 2.24) is 4.90 Å². The van der Waals surface area contributed by atoms with Gasteiger partial charge in [-0.3, -0.25) is 14.6 Å². The molecule has 21 heavy (non-hydrogen) atoms. The van der Waals surface area contributed by atoms with Crippen LogP contribution in [0.4, 0.5) is 15.8 Å². The summed E-state index contributed by atoms with van der Waals surface area (Å²) in [5, 5.41) is 0. The molecule has 1 saturated carbocycles. The molecule has 0 spiro atoms. The van der Waals surface area contributed by atoms with Crippen LogP contribution in [0.3, 0.4) is 0 Å². The van der Waals surface area contributed by atoms with Gasteiger partial charge in [-0.05, 0) is 57.0 Å². The van der Waals surface area contributed by atoms with Crippen LogP contribution in [-0.2, 0) is 4.79 Å². The van der Waals surface area contributed by atoms with E-state index in [0.29, 0.717) is 6.67 Å². The zero-order valence-corrected chi connectivity index (χ0v) is 12.1. The smallest absolute Gasteiger partial charge is 0.231 e. The van der Waals surface area contributed by atoms with E-state index in [1.807, 2.05) is 0 Å². The van der Waals surface area contributed by atoms with Gasteiger partial charge >= 0.3 is 0 Å². The molecule has 1 amide bonds. The summed E-state index contributed by atoms with van der Waals surface area (Å²) in [6, 6.07) is 4.79. The standard InChI is InChI=1S/C16H20FN3O/c17-13-5-6-14-15(9-13)20(16(21)12-3-4-12)11-19(14)10-18-7-1-2-8-18/h5-6,9,12H,1-4,7-8,10-11H2. The number of likely N-dealkylation sites (tertiary alicyclic amines) is 1. The fourth-order valence-electron chi connectivity index (χ4n) is 3.33. The minimum absolute atomic E-state index is 0.158. The third-order valence-corrected chi connectivity index (χ3v) is 4.64. The van der Waals surface area contributed by atoms with Crippen LogP contribution in [0.2, 0.25) is 0 Å². The van der Waals surface area contributed by atoms with Crippen LogP contribution in [0.5, 0.6) is 0 Å². The van der Waals surface area contributed by atoms with Gasteiger partial charge in [-0.15, -0.1) is 0 Å². The van der Waals surface area contributed by atoms with E-state index in [1.54, 1.807) is 11.0 Å². The zero-order chi connectivity index (χ0) is 14.4. The van der Waals surface area contributed by atoms with E-state index < -0.39 is 0 Å². The molecule has 4 rings (SSSR count). The van der Waals surface area contributed by atoms with Gasteiger partial charge in [0, 0.05) is 5.92 Å². The molecule has 1 aromatic rings. The maximum Gasteiger partial charge on any atom is 0.231 e. The Morgan fingerprint density at radius 2 is 1.95 bits per heavy atom. The molecule has 2 fully saturated rings. The van der Waals surface area contributed by atoms with E-state index in [1.165, 1.54) is 25.0 Å². The highest BCUT2D eigenvalue weighted by molar-refractivity contribution is 6.01. The predicted molar refractivity (Wildman–Crippen MR) is 79.6 cm³/mol. The van der Waals surface area contributed by atoms with Crippen molar-refractivity contribution in [2.45, 2.75) is 25.7 Å². The first kappa shape index (κ1) is 13.1. The molecule has 2 heterocycles.